The second-order valence-electron chi connectivity index (χ2n) is 4.75. The van der Waals surface area contributed by atoms with Gasteiger partial charge in [0.25, 0.3) is 5.91 Å². The molecule has 0 bridgehead atoms. The zero-order chi connectivity index (χ0) is 15.9. The lowest BCUT2D eigenvalue weighted by Crippen LogP contribution is -2.33. The van der Waals surface area contributed by atoms with Crippen LogP contribution < -0.4 is 5.32 Å². The lowest BCUT2D eigenvalue weighted by molar-refractivity contribution is 0.0928. The van der Waals surface area contributed by atoms with E-state index in [2.05, 4.69) is 20.3 Å². The number of allylic oxidation sites excluding steroid dienone is 2. The Kier molecular flexibility index (Phi) is 5.19. The molecule has 2 aromatic rings. The largest absolute Gasteiger partial charge is 0.330 e. The number of rotatable bonds is 5. The minimum Gasteiger partial charge on any atom is -0.330 e. The van der Waals surface area contributed by atoms with Crippen LogP contribution in [-0.4, -0.2) is 32.8 Å². The molecule has 1 unspecified atom stereocenters. The van der Waals surface area contributed by atoms with Gasteiger partial charge in [0.2, 0.25) is 0 Å². The van der Waals surface area contributed by atoms with Crippen molar-refractivity contribution in [3.8, 4) is 0 Å². The molecule has 2 aromatic heterocycles. The number of hydrogen-bond acceptors (Lipinski definition) is 4. The molecule has 0 radical (unpaired) electrons. The van der Waals surface area contributed by atoms with Crippen LogP contribution in [0.2, 0.25) is 0 Å². The van der Waals surface area contributed by atoms with E-state index in [-0.39, 0.29) is 12.1 Å². The topological polar surface area (TPSA) is 72.2 Å². The lowest BCUT2D eigenvalue weighted by Gasteiger charge is -2.09. The highest BCUT2D eigenvalue weighted by atomic mass is 16.2. The van der Waals surface area contributed by atoms with E-state index in [0.29, 0.717) is 5.82 Å². The Labute approximate surface area is 129 Å². The maximum atomic E-state index is 12.0. The summed E-state index contributed by atoms with van der Waals surface area (Å²) in [5, 5.41) is 2.79. The summed E-state index contributed by atoms with van der Waals surface area (Å²) in [6.07, 6.45) is 8.33. The number of hydrogen-bond donors (Lipinski definition) is 1. The Balaban J connectivity index is 2.00. The first-order chi connectivity index (χ1) is 10.6. The fraction of sp³-hybridized carbons (Fsp3) is 0.250. The van der Waals surface area contributed by atoms with Crippen LogP contribution in [0.5, 0.6) is 0 Å². The van der Waals surface area contributed by atoms with Crippen molar-refractivity contribution in [2.45, 2.75) is 20.0 Å². The number of amides is 1. The van der Waals surface area contributed by atoms with Crippen LogP contribution in [-0.2, 0) is 7.05 Å². The molecule has 0 aliphatic heterocycles. The first-order valence-corrected chi connectivity index (χ1v) is 7.01. The number of carbonyl (C=O) groups is 1. The zero-order valence-corrected chi connectivity index (χ0v) is 12.9. The van der Waals surface area contributed by atoms with Gasteiger partial charge in [0.05, 0.1) is 5.69 Å². The van der Waals surface area contributed by atoms with Gasteiger partial charge in [0.1, 0.15) is 6.17 Å². The van der Waals surface area contributed by atoms with Crippen LogP contribution in [0.1, 0.15) is 30.2 Å². The van der Waals surface area contributed by atoms with E-state index >= 15 is 0 Å². The molecule has 6 heteroatoms. The van der Waals surface area contributed by atoms with Gasteiger partial charge in [-0.15, -0.1) is 0 Å². The molecule has 0 saturated carbocycles. The van der Waals surface area contributed by atoms with E-state index < -0.39 is 0 Å². The summed E-state index contributed by atoms with van der Waals surface area (Å²) < 4.78 is 1.66. The van der Waals surface area contributed by atoms with E-state index in [0.717, 1.165) is 11.3 Å². The number of aromatic nitrogens is 3. The van der Waals surface area contributed by atoms with Crippen LogP contribution in [0, 0.1) is 0 Å². The first-order valence-electron chi connectivity index (χ1n) is 7.01. The van der Waals surface area contributed by atoms with Crippen molar-refractivity contribution >= 4 is 17.7 Å². The van der Waals surface area contributed by atoms with Crippen molar-refractivity contribution < 1.29 is 4.79 Å². The molecule has 1 amide bonds. The first kappa shape index (κ1) is 15.6. The summed E-state index contributed by atoms with van der Waals surface area (Å²) in [7, 11) is 1.77. The van der Waals surface area contributed by atoms with Gasteiger partial charge >= 0.3 is 0 Å². The second kappa shape index (κ2) is 7.31. The highest BCUT2D eigenvalue weighted by Gasteiger charge is 2.12. The third kappa shape index (κ3) is 3.88. The number of nitrogens with zero attached hydrogens (tertiary/aromatic N) is 4. The van der Waals surface area contributed by atoms with Crippen LogP contribution >= 0.6 is 0 Å². The number of pyridine rings is 1. The Morgan fingerprint density at radius 1 is 1.36 bits per heavy atom. The van der Waals surface area contributed by atoms with Gasteiger partial charge < -0.3 is 9.88 Å². The average molecular weight is 297 g/mol. The van der Waals surface area contributed by atoms with E-state index in [1.807, 2.05) is 38.1 Å². The predicted molar refractivity (Wildman–Crippen MR) is 86.5 cm³/mol. The monoisotopic (exact) mass is 297 g/mol. The Morgan fingerprint density at radius 3 is 2.77 bits per heavy atom. The van der Waals surface area contributed by atoms with Gasteiger partial charge in [0.15, 0.2) is 5.82 Å². The number of imidazole rings is 1. The van der Waals surface area contributed by atoms with Gasteiger partial charge in [-0.25, -0.2) is 4.98 Å². The molecule has 6 nitrogen and oxygen atoms in total. The number of carbonyl (C=O) groups excluding carboxylic acids is 1. The van der Waals surface area contributed by atoms with Crippen molar-refractivity contribution in [2.24, 2.45) is 12.0 Å². The molecule has 0 aromatic carbocycles. The lowest BCUT2D eigenvalue weighted by atomic mass is 10.2. The molecule has 0 aliphatic carbocycles. The zero-order valence-electron chi connectivity index (χ0n) is 12.9. The summed E-state index contributed by atoms with van der Waals surface area (Å²) in [5.41, 5.74) is 1.75. The van der Waals surface area contributed by atoms with E-state index in [1.165, 1.54) is 0 Å². The third-order valence-corrected chi connectivity index (χ3v) is 3.07. The number of aliphatic imine (C=N–C) groups is 1. The Morgan fingerprint density at radius 2 is 2.18 bits per heavy atom. The Hall–Kier alpha value is -2.76. The van der Waals surface area contributed by atoms with Crippen molar-refractivity contribution in [3.05, 3.63) is 54.4 Å². The molecule has 22 heavy (non-hydrogen) atoms. The van der Waals surface area contributed by atoms with Gasteiger partial charge in [-0.3, -0.25) is 14.8 Å². The fourth-order valence-corrected chi connectivity index (χ4v) is 1.89. The standard InChI is InChI=1S/C16H19N5O/c1-4-13(14-7-5-6-8-17-14)11-19-12(2)20-16(22)15-18-9-10-21(15)3/h4-12H,1-3H3,(H,20,22)/b13-4+,19-11-. The van der Waals surface area contributed by atoms with E-state index in [1.54, 1.807) is 36.4 Å². The van der Waals surface area contributed by atoms with Crippen LogP contribution in [0.25, 0.3) is 5.57 Å². The third-order valence-electron chi connectivity index (χ3n) is 3.07. The van der Waals surface area contributed by atoms with Gasteiger partial charge in [-0.2, -0.15) is 0 Å². The molecule has 0 aliphatic rings. The molecule has 0 spiro atoms. The fourth-order valence-electron chi connectivity index (χ4n) is 1.89. The van der Waals surface area contributed by atoms with Crippen LogP contribution in [0.15, 0.2) is 47.9 Å². The smallest absolute Gasteiger partial charge is 0.288 e. The van der Waals surface area contributed by atoms with E-state index in [9.17, 15) is 4.79 Å². The summed E-state index contributed by atoms with van der Waals surface area (Å²) in [6, 6.07) is 5.70. The van der Waals surface area contributed by atoms with Crippen molar-refractivity contribution in [1.82, 2.24) is 19.9 Å². The predicted octanol–water partition coefficient (Wildman–Crippen LogP) is 2.07. The highest BCUT2D eigenvalue weighted by Crippen LogP contribution is 2.08. The van der Waals surface area contributed by atoms with Crippen molar-refractivity contribution in [2.75, 3.05) is 0 Å². The molecule has 114 valence electrons. The normalized spacial score (nSPS) is 13.3. The van der Waals surface area contributed by atoms with Gasteiger partial charge in [0, 0.05) is 37.4 Å². The van der Waals surface area contributed by atoms with Crippen LogP contribution in [0.3, 0.4) is 0 Å². The second-order valence-corrected chi connectivity index (χ2v) is 4.75. The van der Waals surface area contributed by atoms with Crippen molar-refractivity contribution in [3.63, 3.8) is 0 Å². The van der Waals surface area contributed by atoms with Crippen molar-refractivity contribution in [1.29, 1.82) is 0 Å². The quantitative estimate of drug-likeness (QED) is 0.859. The molecule has 1 atom stereocenters. The summed E-state index contributed by atoms with van der Waals surface area (Å²) in [5.74, 6) is 0.107. The summed E-state index contributed by atoms with van der Waals surface area (Å²) in [6.45, 7) is 3.73. The van der Waals surface area contributed by atoms with Crippen LogP contribution in [0.4, 0.5) is 0 Å². The minimum absolute atomic E-state index is 0.253. The number of aryl methyl sites for hydroxylation is 1. The highest BCUT2D eigenvalue weighted by molar-refractivity contribution is 6.08. The molecular formula is C16H19N5O. The Bertz CT molecular complexity index is 688. The summed E-state index contributed by atoms with van der Waals surface area (Å²) in [4.78, 5) is 24.7. The minimum atomic E-state index is -0.358. The summed E-state index contributed by atoms with van der Waals surface area (Å²) >= 11 is 0. The molecular weight excluding hydrogens is 278 g/mol. The maximum Gasteiger partial charge on any atom is 0.288 e. The average Bonchev–Trinajstić information content (AvgIpc) is 2.95. The number of nitrogens with one attached hydrogen (secondary N) is 1. The molecule has 0 saturated heterocycles. The maximum absolute atomic E-state index is 12.0. The van der Waals surface area contributed by atoms with E-state index in [4.69, 9.17) is 0 Å². The van der Waals surface area contributed by atoms with Gasteiger partial charge in [-0.05, 0) is 26.0 Å². The van der Waals surface area contributed by atoms with Gasteiger partial charge in [-0.1, -0.05) is 12.1 Å². The molecule has 1 N–H and O–H groups in total. The molecule has 0 fully saturated rings. The molecule has 2 rings (SSSR count). The SMILES string of the molecule is C/C=C(\C=N/C(C)NC(=O)c1nccn1C)c1ccccn1. The molecule has 2 heterocycles.